The molecule has 2 heteroatoms. The van der Waals surface area contributed by atoms with Crippen molar-refractivity contribution in [2.75, 3.05) is 19.6 Å². The predicted molar refractivity (Wildman–Crippen MR) is 67.3 cm³/mol. The summed E-state index contributed by atoms with van der Waals surface area (Å²) in [7, 11) is 0. The SMILES string of the molecule is CCCC(CN1CCCC1CC)NCC. The minimum atomic E-state index is 0.715. The van der Waals surface area contributed by atoms with Crippen molar-refractivity contribution in [1.29, 1.82) is 0 Å². The minimum absolute atomic E-state index is 0.715. The van der Waals surface area contributed by atoms with Gasteiger partial charge in [-0.3, -0.25) is 4.90 Å². The van der Waals surface area contributed by atoms with Crippen molar-refractivity contribution < 1.29 is 0 Å². The Morgan fingerprint density at radius 3 is 2.73 bits per heavy atom. The van der Waals surface area contributed by atoms with Crippen molar-refractivity contribution >= 4 is 0 Å². The largest absolute Gasteiger partial charge is 0.313 e. The number of likely N-dealkylation sites (tertiary alicyclic amines) is 1. The number of nitrogens with zero attached hydrogens (tertiary/aromatic N) is 1. The summed E-state index contributed by atoms with van der Waals surface area (Å²) >= 11 is 0. The Hall–Kier alpha value is -0.0800. The van der Waals surface area contributed by atoms with E-state index >= 15 is 0 Å². The molecular weight excluding hydrogens is 184 g/mol. The Balaban J connectivity index is 2.35. The summed E-state index contributed by atoms with van der Waals surface area (Å²) in [6.07, 6.45) is 6.76. The first kappa shape index (κ1) is 13.0. The van der Waals surface area contributed by atoms with Gasteiger partial charge in [-0.1, -0.05) is 27.2 Å². The second-order valence-corrected chi connectivity index (χ2v) is 4.74. The lowest BCUT2D eigenvalue weighted by molar-refractivity contribution is 0.216. The van der Waals surface area contributed by atoms with Crippen molar-refractivity contribution in [3.05, 3.63) is 0 Å². The Labute approximate surface area is 95.4 Å². The van der Waals surface area contributed by atoms with Gasteiger partial charge in [-0.25, -0.2) is 0 Å². The fraction of sp³-hybridized carbons (Fsp3) is 1.00. The molecule has 0 aromatic rings. The van der Waals surface area contributed by atoms with Crippen LogP contribution in [0.25, 0.3) is 0 Å². The Kier molecular flexibility index (Phi) is 6.26. The lowest BCUT2D eigenvalue weighted by Gasteiger charge is -2.28. The van der Waals surface area contributed by atoms with E-state index in [1.165, 1.54) is 45.2 Å². The highest BCUT2D eigenvalue weighted by atomic mass is 15.2. The van der Waals surface area contributed by atoms with E-state index in [1.54, 1.807) is 0 Å². The van der Waals surface area contributed by atoms with E-state index in [-0.39, 0.29) is 0 Å². The Morgan fingerprint density at radius 2 is 2.13 bits per heavy atom. The van der Waals surface area contributed by atoms with E-state index in [0.717, 1.165) is 12.6 Å². The van der Waals surface area contributed by atoms with Crippen LogP contribution in [0.5, 0.6) is 0 Å². The van der Waals surface area contributed by atoms with Crippen LogP contribution in [0.3, 0.4) is 0 Å². The zero-order valence-corrected chi connectivity index (χ0v) is 10.8. The van der Waals surface area contributed by atoms with Crippen LogP contribution in [-0.4, -0.2) is 36.6 Å². The first-order valence-electron chi connectivity index (χ1n) is 6.79. The van der Waals surface area contributed by atoms with Gasteiger partial charge in [0.25, 0.3) is 0 Å². The van der Waals surface area contributed by atoms with Crippen LogP contribution in [-0.2, 0) is 0 Å². The van der Waals surface area contributed by atoms with Crippen LogP contribution in [0.2, 0.25) is 0 Å². The molecule has 1 heterocycles. The summed E-state index contributed by atoms with van der Waals surface area (Å²) in [6.45, 7) is 10.5. The molecule has 15 heavy (non-hydrogen) atoms. The molecule has 1 rings (SSSR count). The molecule has 0 aromatic carbocycles. The fourth-order valence-electron chi connectivity index (χ4n) is 2.78. The molecule has 0 saturated carbocycles. The summed E-state index contributed by atoms with van der Waals surface area (Å²) in [6, 6.07) is 1.58. The third-order valence-corrected chi connectivity index (χ3v) is 3.56. The van der Waals surface area contributed by atoms with Gasteiger partial charge in [0.1, 0.15) is 0 Å². The molecule has 1 fully saturated rings. The maximum absolute atomic E-state index is 3.61. The third-order valence-electron chi connectivity index (χ3n) is 3.56. The molecule has 0 radical (unpaired) electrons. The highest BCUT2D eigenvalue weighted by Gasteiger charge is 2.24. The average Bonchev–Trinajstić information content (AvgIpc) is 2.66. The van der Waals surface area contributed by atoms with Crippen LogP contribution < -0.4 is 5.32 Å². The lowest BCUT2D eigenvalue weighted by atomic mass is 10.1. The maximum Gasteiger partial charge on any atom is 0.0194 e. The molecule has 1 saturated heterocycles. The molecule has 0 spiro atoms. The number of rotatable bonds is 7. The van der Waals surface area contributed by atoms with Crippen molar-refractivity contribution in [1.82, 2.24) is 10.2 Å². The van der Waals surface area contributed by atoms with Gasteiger partial charge in [-0.15, -0.1) is 0 Å². The molecule has 0 aliphatic carbocycles. The molecule has 2 nitrogen and oxygen atoms in total. The summed E-state index contributed by atoms with van der Waals surface area (Å²) in [4.78, 5) is 2.70. The second kappa shape index (κ2) is 7.24. The monoisotopic (exact) mass is 212 g/mol. The van der Waals surface area contributed by atoms with Crippen molar-refractivity contribution in [3.63, 3.8) is 0 Å². The van der Waals surface area contributed by atoms with Gasteiger partial charge >= 0.3 is 0 Å². The van der Waals surface area contributed by atoms with Crippen molar-refractivity contribution in [3.8, 4) is 0 Å². The first-order valence-corrected chi connectivity index (χ1v) is 6.79. The van der Waals surface area contributed by atoms with Crippen LogP contribution >= 0.6 is 0 Å². The second-order valence-electron chi connectivity index (χ2n) is 4.74. The average molecular weight is 212 g/mol. The van der Waals surface area contributed by atoms with Crippen molar-refractivity contribution in [2.24, 2.45) is 0 Å². The smallest absolute Gasteiger partial charge is 0.0194 e. The molecule has 0 bridgehead atoms. The molecule has 0 amide bonds. The van der Waals surface area contributed by atoms with E-state index in [4.69, 9.17) is 0 Å². The van der Waals surface area contributed by atoms with Gasteiger partial charge in [0.2, 0.25) is 0 Å². The molecule has 1 aliphatic rings. The van der Waals surface area contributed by atoms with Crippen LogP contribution in [0.15, 0.2) is 0 Å². The van der Waals surface area contributed by atoms with Crippen molar-refractivity contribution in [2.45, 2.75) is 65.0 Å². The quantitative estimate of drug-likeness (QED) is 0.698. The van der Waals surface area contributed by atoms with E-state index in [0.29, 0.717) is 6.04 Å². The maximum atomic E-state index is 3.61. The highest BCUT2D eigenvalue weighted by molar-refractivity contribution is 4.81. The Morgan fingerprint density at radius 1 is 1.33 bits per heavy atom. The number of nitrogens with one attached hydrogen (secondary N) is 1. The van der Waals surface area contributed by atoms with Crippen LogP contribution in [0.1, 0.15) is 52.9 Å². The number of hydrogen-bond donors (Lipinski definition) is 1. The standard InChI is InChI=1S/C13H28N2/c1-4-8-12(14-6-3)11-15-10-7-9-13(15)5-2/h12-14H,4-11H2,1-3H3. The summed E-state index contributed by atoms with van der Waals surface area (Å²) in [5, 5.41) is 3.61. The molecular formula is C13H28N2. The molecule has 1 aliphatic heterocycles. The molecule has 2 unspecified atom stereocenters. The van der Waals surface area contributed by atoms with Gasteiger partial charge in [0, 0.05) is 18.6 Å². The van der Waals surface area contributed by atoms with E-state index in [1.807, 2.05) is 0 Å². The zero-order valence-electron chi connectivity index (χ0n) is 10.8. The third kappa shape index (κ3) is 4.12. The lowest BCUT2D eigenvalue weighted by Crippen LogP contribution is -2.42. The van der Waals surface area contributed by atoms with Crippen LogP contribution in [0, 0.1) is 0 Å². The van der Waals surface area contributed by atoms with E-state index in [9.17, 15) is 0 Å². The van der Waals surface area contributed by atoms with Gasteiger partial charge in [0.05, 0.1) is 0 Å². The molecule has 1 N–H and O–H groups in total. The summed E-state index contributed by atoms with van der Waals surface area (Å²) < 4.78 is 0. The predicted octanol–water partition coefficient (Wildman–Crippen LogP) is 2.64. The summed E-state index contributed by atoms with van der Waals surface area (Å²) in [5.74, 6) is 0. The normalized spacial score (nSPS) is 24.6. The minimum Gasteiger partial charge on any atom is -0.313 e. The topological polar surface area (TPSA) is 15.3 Å². The highest BCUT2D eigenvalue weighted by Crippen LogP contribution is 2.20. The molecule has 0 aromatic heterocycles. The fourth-order valence-corrected chi connectivity index (χ4v) is 2.78. The summed E-state index contributed by atoms with van der Waals surface area (Å²) in [5.41, 5.74) is 0. The van der Waals surface area contributed by atoms with Gasteiger partial charge in [0.15, 0.2) is 0 Å². The van der Waals surface area contributed by atoms with E-state index in [2.05, 4.69) is 31.0 Å². The van der Waals surface area contributed by atoms with Gasteiger partial charge in [-0.05, 0) is 38.8 Å². The Bertz CT molecular complexity index is 153. The zero-order chi connectivity index (χ0) is 11.1. The molecule has 90 valence electrons. The first-order chi connectivity index (χ1) is 7.31. The van der Waals surface area contributed by atoms with Crippen LogP contribution in [0.4, 0.5) is 0 Å². The number of likely N-dealkylation sites (N-methyl/N-ethyl adjacent to an activating group) is 1. The van der Waals surface area contributed by atoms with Gasteiger partial charge in [-0.2, -0.15) is 0 Å². The number of hydrogen-bond acceptors (Lipinski definition) is 2. The van der Waals surface area contributed by atoms with E-state index < -0.39 is 0 Å². The van der Waals surface area contributed by atoms with Gasteiger partial charge < -0.3 is 5.32 Å². The molecule has 2 atom stereocenters.